The first-order valence-corrected chi connectivity index (χ1v) is 42.0. The highest BCUT2D eigenvalue weighted by molar-refractivity contribution is 14.1. The second-order valence-corrected chi connectivity index (χ2v) is 35.0. The maximum atomic E-state index is 14.2. The van der Waals surface area contributed by atoms with Crippen molar-refractivity contribution in [3.8, 4) is 68.8 Å². The molecule has 10 aromatic rings. The van der Waals surface area contributed by atoms with E-state index in [9.17, 15) is 42.2 Å². The molecule has 2 amide bonds. The molecule has 5 aromatic heterocycles. The topological polar surface area (TPSA) is 303 Å². The molecule has 0 spiro atoms. The van der Waals surface area contributed by atoms with Gasteiger partial charge in [0, 0.05) is 99.5 Å². The number of amides is 2. The van der Waals surface area contributed by atoms with Gasteiger partial charge in [-0.1, -0.05) is 66.7 Å². The van der Waals surface area contributed by atoms with E-state index in [-0.39, 0.29) is 52.9 Å². The zero-order chi connectivity index (χ0) is 80.8. The van der Waals surface area contributed by atoms with E-state index in [0.29, 0.717) is 130 Å². The highest BCUT2D eigenvalue weighted by Crippen LogP contribution is 2.42. The van der Waals surface area contributed by atoms with E-state index >= 15 is 0 Å². The molecule has 0 saturated carbocycles. The summed E-state index contributed by atoms with van der Waals surface area (Å²) >= 11 is 2.01. The van der Waals surface area contributed by atoms with E-state index < -0.39 is 37.3 Å². The molecule has 0 radical (unpaired) electrons. The molecule has 6 aliphatic rings. The average molecular weight is 1700 g/mol. The monoisotopic (exact) mass is 1700 g/mol. The molecule has 115 heavy (non-hydrogen) atoms. The van der Waals surface area contributed by atoms with Crippen molar-refractivity contribution in [2.45, 2.75) is 126 Å². The van der Waals surface area contributed by atoms with Gasteiger partial charge in [-0.05, 0) is 211 Å². The number of pyridine rings is 3. The van der Waals surface area contributed by atoms with Gasteiger partial charge in [0.2, 0.25) is 0 Å². The molecule has 1 aliphatic carbocycles. The number of rotatable bonds is 15. The Morgan fingerprint density at radius 3 is 1.31 bits per heavy atom. The molecular formula is C88H85IN10O14S2. The van der Waals surface area contributed by atoms with Crippen LogP contribution in [-0.4, -0.2) is 157 Å². The van der Waals surface area contributed by atoms with Crippen LogP contribution in [0.3, 0.4) is 0 Å². The molecule has 590 valence electrons. The van der Waals surface area contributed by atoms with E-state index in [1.165, 1.54) is 12.8 Å². The van der Waals surface area contributed by atoms with Crippen molar-refractivity contribution < 1.29 is 64.3 Å². The maximum absolute atomic E-state index is 14.2. The molecule has 0 N–H and O–H groups in total. The van der Waals surface area contributed by atoms with Gasteiger partial charge in [0.05, 0.1) is 87.8 Å². The summed E-state index contributed by atoms with van der Waals surface area (Å²) in [6.45, 7) is 16.5. The quantitative estimate of drug-likeness (QED) is 0.0861. The van der Waals surface area contributed by atoms with Crippen LogP contribution in [0, 0.1) is 37.7 Å². The third kappa shape index (κ3) is 18.2. The van der Waals surface area contributed by atoms with Crippen LogP contribution in [0.4, 0.5) is 9.59 Å². The van der Waals surface area contributed by atoms with Crippen LogP contribution < -0.4 is 14.2 Å². The molecule has 0 bridgehead atoms. The van der Waals surface area contributed by atoms with Gasteiger partial charge in [-0.3, -0.25) is 4.98 Å². The van der Waals surface area contributed by atoms with Crippen molar-refractivity contribution in [1.82, 2.24) is 32.7 Å². The van der Waals surface area contributed by atoms with Gasteiger partial charge in [-0.25, -0.2) is 44.3 Å². The second-order valence-electron chi connectivity index (χ2n) is 30.4. The number of halogens is 1. The van der Waals surface area contributed by atoms with Crippen LogP contribution in [-0.2, 0) is 50.2 Å². The first kappa shape index (κ1) is 80.4. The van der Waals surface area contributed by atoms with Gasteiger partial charge < -0.3 is 47.7 Å². The molecule has 5 aromatic carbocycles. The minimum absolute atomic E-state index is 0.0240. The number of hydrogen-bond donors (Lipinski definition) is 0. The van der Waals surface area contributed by atoms with Crippen molar-refractivity contribution >= 4 is 88.5 Å². The molecule has 10 heterocycles. The lowest BCUT2D eigenvalue weighted by molar-refractivity contribution is 0.0252. The molecule has 24 nitrogen and oxygen atoms in total. The van der Waals surface area contributed by atoms with Crippen LogP contribution in [0.1, 0.15) is 114 Å². The molecule has 16 rings (SSSR count). The Bertz CT molecular complexity index is 5830. The van der Waals surface area contributed by atoms with Crippen LogP contribution in [0.25, 0.3) is 67.1 Å². The normalized spacial score (nSPS) is 16.2. The van der Waals surface area contributed by atoms with Crippen LogP contribution in [0.5, 0.6) is 17.2 Å². The number of carbonyl (C=O) groups is 2. The predicted octanol–water partition coefficient (Wildman–Crippen LogP) is 16.3. The van der Waals surface area contributed by atoms with Crippen molar-refractivity contribution in [3.63, 3.8) is 0 Å². The summed E-state index contributed by atoms with van der Waals surface area (Å²) in [5.74, 6) is 1.66. The number of benzene rings is 5. The minimum atomic E-state index is -4.10. The molecule has 3 fully saturated rings. The first-order valence-electron chi connectivity index (χ1n) is 38.0. The third-order valence-corrected chi connectivity index (χ3v) is 24.7. The fourth-order valence-electron chi connectivity index (χ4n) is 14.4. The molecule has 0 atom stereocenters. The van der Waals surface area contributed by atoms with E-state index in [4.69, 9.17) is 37.9 Å². The van der Waals surface area contributed by atoms with Crippen molar-refractivity contribution in [2.24, 2.45) is 0 Å². The van der Waals surface area contributed by atoms with Crippen LogP contribution >= 0.6 is 22.6 Å². The number of hydrogen-bond acceptors (Lipinski definition) is 20. The zero-order valence-corrected chi connectivity index (χ0v) is 68.2. The zero-order valence-electron chi connectivity index (χ0n) is 64.5. The Balaban J connectivity index is 0.000000144. The van der Waals surface area contributed by atoms with E-state index in [1.54, 1.807) is 141 Å². The average Bonchev–Trinajstić information content (AvgIpc) is 1.59. The Morgan fingerprint density at radius 2 is 0.870 bits per heavy atom. The standard InChI is InChI=1S/C34H34N4O6S.C29H31N3O4.C25H20IN3O4S/c1-34(2,3)44-33(39)37-16-12-24(22-37)30-20-29-28(11-15-36-32(29)38(30)45(40,41)27-7-5-4-6-8-27)23-9-10-31(25(19-23)21-35)43-26-13-17-42-18-14-26;1-29(2,3)36-28(33)32-11-7-20(18-32)21-15-25-24(6-10-31-26(25)16-21)19-4-5-27(22(14-19)17-30)35-23-8-12-34-13-9-23;26-24-15-22-21(8-11-28-25(22)29(24)34(30,31)20-4-2-1-3-5-20)17-6-7-23(18(14-17)16-27)33-19-9-12-32-13-10-19/h4-12,15,19-20,26H,13-14,16-18,22H2,1-3H3;4-7,10,14-15,23H,8-9,11-13,16,18H2,1-3H3;1-8,11,14-15,19H,9-10,12-13H2. The molecule has 0 unspecified atom stereocenters. The maximum Gasteiger partial charge on any atom is 0.410 e. The minimum Gasteiger partial charge on any atom is -0.489 e. The lowest BCUT2D eigenvalue weighted by Gasteiger charge is -2.24. The summed E-state index contributed by atoms with van der Waals surface area (Å²) in [6.07, 6.45) is 15.8. The number of fused-ring (bicyclic) bond motifs is 3. The van der Waals surface area contributed by atoms with Gasteiger partial charge >= 0.3 is 12.2 Å². The van der Waals surface area contributed by atoms with Gasteiger partial charge in [-0.15, -0.1) is 0 Å². The van der Waals surface area contributed by atoms with Gasteiger partial charge in [0.25, 0.3) is 20.0 Å². The fraction of sp³-hybridized carbons (Fsp3) is 0.318. The summed E-state index contributed by atoms with van der Waals surface area (Å²) < 4.78 is 104. The summed E-state index contributed by atoms with van der Waals surface area (Å²) in [5.41, 5.74) is 11.1. The number of ether oxygens (including phenoxy) is 8. The van der Waals surface area contributed by atoms with E-state index in [0.717, 1.165) is 88.7 Å². The highest BCUT2D eigenvalue weighted by Gasteiger charge is 2.35. The predicted molar refractivity (Wildman–Crippen MR) is 442 cm³/mol. The summed E-state index contributed by atoms with van der Waals surface area (Å²) in [4.78, 5) is 42.5. The lowest BCUT2D eigenvalue weighted by Crippen LogP contribution is -2.35. The molecule has 27 heteroatoms. The Labute approximate surface area is 682 Å². The van der Waals surface area contributed by atoms with Crippen LogP contribution in [0.2, 0.25) is 0 Å². The SMILES string of the molecule is CC(C)(C)OC(=O)N1CC=C(C2=Cc3c(-c4ccc(OC5CCOCC5)c(C#N)c4)ccnc3C2)C1.CC(C)(C)OC(=O)N1CC=C(c2cc3c(-c4ccc(OC5CCOCC5)c(C#N)c4)ccnc3n2S(=O)(=O)c2ccccc2)C1.N#Cc1cc(-c2ccnc3c2cc(I)n3S(=O)(=O)c2ccccc2)ccc1OC1CCOCC1. The Kier molecular flexibility index (Phi) is 24.1. The van der Waals surface area contributed by atoms with Crippen LogP contribution in [0.15, 0.2) is 197 Å². The third-order valence-electron chi connectivity index (χ3n) is 20.1. The summed E-state index contributed by atoms with van der Waals surface area (Å²) in [7, 11) is -7.92. The largest absolute Gasteiger partial charge is 0.489 e. The number of aromatic nitrogens is 5. The van der Waals surface area contributed by atoms with Gasteiger partial charge in [0.1, 0.15) is 65.0 Å². The van der Waals surface area contributed by atoms with Crippen molar-refractivity contribution in [1.29, 1.82) is 15.8 Å². The van der Waals surface area contributed by atoms with Crippen molar-refractivity contribution in [3.05, 3.63) is 225 Å². The molecular weight excluding hydrogens is 1610 g/mol. The van der Waals surface area contributed by atoms with E-state index in [1.807, 2.05) is 98.1 Å². The number of nitriles is 3. The smallest absolute Gasteiger partial charge is 0.410 e. The summed E-state index contributed by atoms with van der Waals surface area (Å²) in [5, 5.41) is 30.8. The second kappa shape index (κ2) is 34.5. The lowest BCUT2D eigenvalue weighted by atomic mass is 9.98. The van der Waals surface area contributed by atoms with Gasteiger partial charge in [0.15, 0.2) is 11.3 Å². The molecule has 3 saturated heterocycles. The number of nitrogens with zero attached hydrogens (tertiary/aromatic N) is 10. The Morgan fingerprint density at radius 1 is 0.478 bits per heavy atom. The van der Waals surface area contributed by atoms with E-state index in [2.05, 4.69) is 45.3 Å². The fourth-order valence-corrected chi connectivity index (χ4v) is 18.6. The van der Waals surface area contributed by atoms with Gasteiger partial charge in [-0.2, -0.15) is 15.8 Å². The number of carbonyl (C=O) groups excluding carboxylic acids is 2. The van der Waals surface area contributed by atoms with Crippen molar-refractivity contribution in [2.75, 3.05) is 65.8 Å². The molecule has 5 aliphatic heterocycles. The summed E-state index contributed by atoms with van der Waals surface area (Å²) in [6, 6.07) is 49.2. The highest BCUT2D eigenvalue weighted by atomic mass is 127. The first-order chi connectivity index (χ1) is 55.3. The Hall–Kier alpha value is -11.2.